The zero-order chi connectivity index (χ0) is 25.3. The van der Waals surface area contributed by atoms with Gasteiger partial charge in [-0.15, -0.1) is 0 Å². The Morgan fingerprint density at radius 3 is 2.53 bits per heavy atom. The summed E-state index contributed by atoms with van der Waals surface area (Å²) in [6.07, 6.45) is -5.84. The molecule has 0 bridgehead atoms. The summed E-state index contributed by atoms with van der Waals surface area (Å²) >= 11 is 6.05. The molecule has 0 spiro atoms. The van der Waals surface area contributed by atoms with Crippen molar-refractivity contribution in [2.45, 2.75) is 57.7 Å². The Kier molecular flexibility index (Phi) is 7.35. The van der Waals surface area contributed by atoms with Crippen LogP contribution < -0.4 is 5.32 Å². The van der Waals surface area contributed by atoms with Gasteiger partial charge in [-0.25, -0.2) is 14.2 Å². The molecule has 1 saturated heterocycles. The van der Waals surface area contributed by atoms with Crippen LogP contribution in [0.2, 0.25) is 5.15 Å². The molecule has 12 heteroatoms. The van der Waals surface area contributed by atoms with Gasteiger partial charge in [0.25, 0.3) is 0 Å². The molecule has 0 aromatic carbocycles. The number of hydrogen-bond donors (Lipinski definition) is 1. The standard InChI is InChI=1S/C22H23ClF4N4O3/c1-21(2,3)34-20(33)31-11-14(24)8-16(31)19(32)29-9-12-6-15(30-18(23)7-12)13-4-5-17(28-10-13)22(25,26)27/h4-7,10,14,16H,8-9,11H2,1-3H3,(H,29,32). The van der Waals surface area contributed by atoms with E-state index in [1.54, 1.807) is 20.8 Å². The smallest absolute Gasteiger partial charge is 0.433 e. The van der Waals surface area contributed by atoms with E-state index in [1.165, 1.54) is 18.2 Å². The summed E-state index contributed by atoms with van der Waals surface area (Å²) < 4.78 is 57.5. The summed E-state index contributed by atoms with van der Waals surface area (Å²) in [5.41, 5.74) is -0.776. The maximum Gasteiger partial charge on any atom is 0.433 e. The van der Waals surface area contributed by atoms with Crippen molar-refractivity contribution in [3.05, 3.63) is 46.9 Å². The number of nitrogens with zero attached hydrogens (tertiary/aromatic N) is 3. The normalized spacial score (nSPS) is 18.6. The minimum absolute atomic E-state index is 0.0300. The molecule has 1 fully saturated rings. The number of carbonyl (C=O) groups excluding carboxylic acids is 2. The molecule has 1 aliphatic rings. The van der Waals surface area contributed by atoms with Gasteiger partial charge in [0.05, 0.1) is 12.2 Å². The minimum atomic E-state index is -4.57. The number of aromatic nitrogens is 2. The molecule has 34 heavy (non-hydrogen) atoms. The molecule has 1 aliphatic heterocycles. The molecule has 0 aliphatic carbocycles. The Balaban J connectivity index is 1.71. The van der Waals surface area contributed by atoms with E-state index in [0.29, 0.717) is 11.1 Å². The fourth-order valence-corrected chi connectivity index (χ4v) is 3.61. The fraction of sp³-hybridized carbons (Fsp3) is 0.455. The van der Waals surface area contributed by atoms with E-state index in [2.05, 4.69) is 15.3 Å². The number of likely N-dealkylation sites (tertiary alicyclic amines) is 1. The number of alkyl halides is 4. The third kappa shape index (κ3) is 6.55. The van der Waals surface area contributed by atoms with Crippen LogP contribution in [0.3, 0.4) is 0 Å². The minimum Gasteiger partial charge on any atom is -0.444 e. The summed E-state index contributed by atoms with van der Waals surface area (Å²) in [6.45, 7) is 4.72. The maximum atomic E-state index is 14.0. The van der Waals surface area contributed by atoms with Gasteiger partial charge in [0, 0.05) is 24.7 Å². The van der Waals surface area contributed by atoms with Crippen LogP contribution in [0, 0.1) is 0 Å². The van der Waals surface area contributed by atoms with Crippen molar-refractivity contribution in [1.82, 2.24) is 20.2 Å². The highest BCUT2D eigenvalue weighted by Gasteiger charge is 2.41. The highest BCUT2D eigenvalue weighted by atomic mass is 35.5. The quantitative estimate of drug-likeness (QED) is 0.480. The van der Waals surface area contributed by atoms with Crippen molar-refractivity contribution in [2.75, 3.05) is 6.54 Å². The van der Waals surface area contributed by atoms with Gasteiger partial charge in [0.15, 0.2) is 0 Å². The van der Waals surface area contributed by atoms with Crippen LogP contribution in [-0.2, 0) is 22.3 Å². The lowest BCUT2D eigenvalue weighted by molar-refractivity contribution is -0.141. The summed E-state index contributed by atoms with van der Waals surface area (Å²) in [5.74, 6) is -0.573. The van der Waals surface area contributed by atoms with Crippen molar-refractivity contribution in [1.29, 1.82) is 0 Å². The van der Waals surface area contributed by atoms with Crippen LogP contribution in [0.15, 0.2) is 30.5 Å². The van der Waals surface area contributed by atoms with E-state index >= 15 is 0 Å². The predicted octanol–water partition coefficient (Wildman–Crippen LogP) is 4.78. The van der Waals surface area contributed by atoms with Gasteiger partial charge < -0.3 is 10.1 Å². The van der Waals surface area contributed by atoms with E-state index in [-0.39, 0.29) is 30.4 Å². The van der Waals surface area contributed by atoms with Crippen molar-refractivity contribution in [2.24, 2.45) is 0 Å². The Bertz CT molecular complexity index is 1060. The van der Waals surface area contributed by atoms with Gasteiger partial charge in [-0.2, -0.15) is 13.2 Å². The van der Waals surface area contributed by atoms with E-state index in [0.717, 1.165) is 17.2 Å². The molecule has 1 N–H and O–H groups in total. The highest BCUT2D eigenvalue weighted by molar-refractivity contribution is 6.29. The van der Waals surface area contributed by atoms with E-state index < -0.39 is 41.7 Å². The van der Waals surface area contributed by atoms with Gasteiger partial charge >= 0.3 is 12.3 Å². The van der Waals surface area contributed by atoms with Crippen LogP contribution in [0.25, 0.3) is 11.3 Å². The van der Waals surface area contributed by atoms with Crippen LogP contribution in [-0.4, -0.2) is 51.2 Å². The number of hydrogen-bond acceptors (Lipinski definition) is 5. The maximum absolute atomic E-state index is 14.0. The third-order valence-corrected chi connectivity index (χ3v) is 5.04. The second-order valence-electron chi connectivity index (χ2n) is 8.81. The molecule has 3 rings (SSSR count). The summed E-state index contributed by atoms with van der Waals surface area (Å²) in [6, 6.07) is 4.02. The molecular weight excluding hydrogens is 480 g/mol. The molecule has 7 nitrogen and oxygen atoms in total. The Labute approximate surface area is 198 Å². The molecule has 184 valence electrons. The molecule has 0 radical (unpaired) electrons. The number of carbonyl (C=O) groups is 2. The van der Waals surface area contributed by atoms with E-state index in [9.17, 15) is 27.2 Å². The number of rotatable bonds is 4. The van der Waals surface area contributed by atoms with Gasteiger partial charge in [-0.3, -0.25) is 14.7 Å². The zero-order valence-corrected chi connectivity index (χ0v) is 19.4. The largest absolute Gasteiger partial charge is 0.444 e. The molecule has 2 unspecified atom stereocenters. The molecule has 2 amide bonds. The van der Waals surface area contributed by atoms with Crippen LogP contribution in [0.1, 0.15) is 38.4 Å². The van der Waals surface area contributed by atoms with Crippen LogP contribution in [0.4, 0.5) is 22.4 Å². The van der Waals surface area contributed by atoms with Gasteiger partial charge in [0.2, 0.25) is 5.91 Å². The Morgan fingerprint density at radius 1 is 1.24 bits per heavy atom. The summed E-state index contributed by atoms with van der Waals surface area (Å²) in [7, 11) is 0. The average Bonchev–Trinajstić information content (AvgIpc) is 3.12. The van der Waals surface area contributed by atoms with Gasteiger partial charge in [-0.1, -0.05) is 11.6 Å². The Hall–Kier alpha value is -2.95. The van der Waals surface area contributed by atoms with Crippen molar-refractivity contribution in [3.8, 4) is 11.3 Å². The SMILES string of the molecule is CC(C)(C)OC(=O)N1CC(F)CC1C(=O)NCc1cc(Cl)nc(-c2ccc(C(F)(F)F)nc2)c1. The highest BCUT2D eigenvalue weighted by Crippen LogP contribution is 2.29. The van der Waals surface area contributed by atoms with Crippen LogP contribution in [0.5, 0.6) is 0 Å². The first-order valence-corrected chi connectivity index (χ1v) is 10.7. The first kappa shape index (κ1) is 25.7. The first-order chi connectivity index (χ1) is 15.7. The number of halogens is 5. The lowest BCUT2D eigenvalue weighted by Crippen LogP contribution is -2.47. The molecular formula is C22H23ClF4N4O3. The van der Waals surface area contributed by atoms with Gasteiger partial charge in [-0.05, 0) is 50.6 Å². The number of pyridine rings is 2. The Morgan fingerprint density at radius 2 is 1.94 bits per heavy atom. The summed E-state index contributed by atoms with van der Waals surface area (Å²) in [4.78, 5) is 33.7. The summed E-state index contributed by atoms with van der Waals surface area (Å²) in [5, 5.41) is 2.70. The topological polar surface area (TPSA) is 84.4 Å². The average molecular weight is 503 g/mol. The zero-order valence-electron chi connectivity index (χ0n) is 18.6. The van der Waals surface area contributed by atoms with E-state index in [1.807, 2.05) is 0 Å². The third-order valence-electron chi connectivity index (χ3n) is 4.85. The van der Waals surface area contributed by atoms with Crippen molar-refractivity contribution < 1.29 is 31.9 Å². The fourth-order valence-electron chi connectivity index (χ4n) is 3.38. The first-order valence-electron chi connectivity index (χ1n) is 10.3. The molecule has 3 heterocycles. The molecule has 2 aromatic rings. The number of amides is 2. The monoisotopic (exact) mass is 502 g/mol. The van der Waals surface area contributed by atoms with Crippen LogP contribution >= 0.6 is 11.6 Å². The lowest BCUT2D eigenvalue weighted by atomic mass is 10.1. The number of ether oxygens (including phenoxy) is 1. The van der Waals surface area contributed by atoms with E-state index in [4.69, 9.17) is 16.3 Å². The van der Waals surface area contributed by atoms with Gasteiger partial charge in [0.1, 0.15) is 28.7 Å². The second-order valence-corrected chi connectivity index (χ2v) is 9.20. The second kappa shape index (κ2) is 9.73. The molecule has 2 atom stereocenters. The molecule has 2 aromatic heterocycles. The number of nitrogens with one attached hydrogen (secondary N) is 1. The van der Waals surface area contributed by atoms with Crippen molar-refractivity contribution in [3.63, 3.8) is 0 Å². The predicted molar refractivity (Wildman–Crippen MR) is 116 cm³/mol. The van der Waals surface area contributed by atoms with Crippen molar-refractivity contribution >= 4 is 23.6 Å². The lowest BCUT2D eigenvalue weighted by Gasteiger charge is -2.27. The molecule has 0 saturated carbocycles.